The molecule has 108 valence electrons. The van der Waals surface area contributed by atoms with Crippen molar-refractivity contribution in [1.82, 2.24) is 0 Å². The van der Waals surface area contributed by atoms with Crippen LogP contribution in [0.25, 0.3) is 0 Å². The summed E-state index contributed by atoms with van der Waals surface area (Å²) in [4.78, 5) is 0. The van der Waals surface area contributed by atoms with Gasteiger partial charge in [0.1, 0.15) is 0 Å². The quantitative estimate of drug-likeness (QED) is 0.846. The summed E-state index contributed by atoms with van der Waals surface area (Å²) in [5, 5.41) is 9.96. The number of hydrogen-bond acceptors (Lipinski definition) is 2. The van der Waals surface area contributed by atoms with Gasteiger partial charge in [0.2, 0.25) is 0 Å². The van der Waals surface area contributed by atoms with Crippen molar-refractivity contribution in [1.29, 1.82) is 0 Å². The number of alkyl halides is 3. The fraction of sp³-hybridized carbons (Fsp3) is 1.00. The smallest absolute Gasteiger partial charge is 0.387 e. The molecule has 0 bridgehead atoms. The minimum atomic E-state index is -4.22. The molecule has 0 aromatic carbocycles. The van der Waals surface area contributed by atoms with Crippen molar-refractivity contribution in [3.05, 3.63) is 0 Å². The third-order valence-corrected chi connectivity index (χ3v) is 4.04. The fourth-order valence-corrected chi connectivity index (χ4v) is 2.13. The molecule has 2 nitrogen and oxygen atoms in total. The van der Waals surface area contributed by atoms with Crippen molar-refractivity contribution in [3.8, 4) is 0 Å². The Hall–Kier alpha value is -0.290. The number of hydrogen-bond donors (Lipinski definition) is 1. The maximum Gasteiger partial charge on any atom is 0.394 e. The SMILES string of the molecule is CC(C)(O)C(C)(C)OC1CCCCC1C(F)(F)F. The van der Waals surface area contributed by atoms with Crippen LogP contribution < -0.4 is 0 Å². The van der Waals surface area contributed by atoms with Gasteiger partial charge in [-0.3, -0.25) is 0 Å². The van der Waals surface area contributed by atoms with Crippen LogP contribution in [0.1, 0.15) is 53.4 Å². The lowest BCUT2D eigenvalue weighted by Gasteiger charge is -2.43. The summed E-state index contributed by atoms with van der Waals surface area (Å²) >= 11 is 0. The summed E-state index contributed by atoms with van der Waals surface area (Å²) in [5.74, 6) is -1.41. The molecule has 1 aliphatic rings. The van der Waals surface area contributed by atoms with E-state index >= 15 is 0 Å². The fourth-order valence-electron chi connectivity index (χ4n) is 2.13. The maximum absolute atomic E-state index is 12.9. The second-order valence-corrected chi connectivity index (χ2v) is 6.16. The Labute approximate surface area is 107 Å². The van der Waals surface area contributed by atoms with E-state index in [0.29, 0.717) is 12.8 Å². The van der Waals surface area contributed by atoms with E-state index in [0.717, 1.165) is 6.42 Å². The summed E-state index contributed by atoms with van der Waals surface area (Å²) in [5.41, 5.74) is -2.18. The molecule has 18 heavy (non-hydrogen) atoms. The molecule has 1 N–H and O–H groups in total. The van der Waals surface area contributed by atoms with Crippen LogP contribution in [0.2, 0.25) is 0 Å². The zero-order valence-corrected chi connectivity index (χ0v) is 11.5. The topological polar surface area (TPSA) is 29.5 Å². The van der Waals surface area contributed by atoms with Crippen LogP contribution in [0, 0.1) is 5.92 Å². The van der Waals surface area contributed by atoms with Crippen LogP contribution in [0.5, 0.6) is 0 Å². The molecule has 0 aromatic rings. The van der Waals surface area contributed by atoms with Crippen LogP contribution in [0.15, 0.2) is 0 Å². The minimum absolute atomic E-state index is 0.121. The lowest BCUT2D eigenvalue weighted by molar-refractivity contribution is -0.252. The van der Waals surface area contributed by atoms with Gasteiger partial charge in [-0.2, -0.15) is 13.2 Å². The van der Waals surface area contributed by atoms with Gasteiger partial charge < -0.3 is 9.84 Å². The average Bonchev–Trinajstić information content (AvgIpc) is 2.14. The second-order valence-electron chi connectivity index (χ2n) is 6.16. The largest absolute Gasteiger partial charge is 0.394 e. The van der Waals surface area contributed by atoms with E-state index in [1.54, 1.807) is 27.7 Å². The van der Waals surface area contributed by atoms with Crippen LogP contribution in [0.3, 0.4) is 0 Å². The van der Waals surface area contributed by atoms with E-state index in [1.165, 1.54) is 0 Å². The van der Waals surface area contributed by atoms with Gasteiger partial charge in [-0.05, 0) is 40.5 Å². The minimum Gasteiger partial charge on any atom is -0.387 e. The van der Waals surface area contributed by atoms with Crippen molar-refractivity contribution >= 4 is 0 Å². The predicted molar refractivity (Wildman–Crippen MR) is 63.3 cm³/mol. The monoisotopic (exact) mass is 268 g/mol. The van der Waals surface area contributed by atoms with Gasteiger partial charge in [-0.15, -0.1) is 0 Å². The highest BCUT2D eigenvalue weighted by Crippen LogP contribution is 2.41. The van der Waals surface area contributed by atoms with Crippen molar-refractivity contribution < 1.29 is 23.0 Å². The van der Waals surface area contributed by atoms with Gasteiger partial charge in [0.25, 0.3) is 0 Å². The summed E-state index contributed by atoms with van der Waals surface area (Å²) < 4.78 is 44.4. The zero-order valence-electron chi connectivity index (χ0n) is 11.5. The Morgan fingerprint density at radius 2 is 1.50 bits per heavy atom. The van der Waals surface area contributed by atoms with E-state index in [-0.39, 0.29) is 6.42 Å². The molecule has 0 saturated heterocycles. The molecule has 5 heteroatoms. The van der Waals surface area contributed by atoms with Crippen LogP contribution in [-0.4, -0.2) is 28.6 Å². The number of aliphatic hydroxyl groups is 1. The first-order valence-corrected chi connectivity index (χ1v) is 6.42. The highest BCUT2D eigenvalue weighted by molar-refractivity contribution is 4.91. The highest BCUT2D eigenvalue weighted by atomic mass is 19.4. The van der Waals surface area contributed by atoms with E-state index in [1.807, 2.05) is 0 Å². The van der Waals surface area contributed by atoms with Crippen LogP contribution >= 0.6 is 0 Å². The maximum atomic E-state index is 12.9. The summed E-state index contributed by atoms with van der Waals surface area (Å²) in [6.07, 6.45) is -3.20. The first kappa shape index (κ1) is 15.8. The molecule has 1 saturated carbocycles. The molecule has 0 aromatic heterocycles. The van der Waals surface area contributed by atoms with Crippen molar-refractivity contribution in [3.63, 3.8) is 0 Å². The summed E-state index contributed by atoms with van der Waals surface area (Å²) in [6.45, 7) is 6.38. The third-order valence-electron chi connectivity index (χ3n) is 4.04. The van der Waals surface area contributed by atoms with Crippen molar-refractivity contribution in [2.24, 2.45) is 5.92 Å². The van der Waals surface area contributed by atoms with Gasteiger partial charge >= 0.3 is 6.18 Å². The van der Waals surface area contributed by atoms with Gasteiger partial charge in [0.15, 0.2) is 0 Å². The molecule has 1 fully saturated rings. The van der Waals surface area contributed by atoms with Crippen LogP contribution in [-0.2, 0) is 4.74 Å². The lowest BCUT2D eigenvalue weighted by Crippen LogP contribution is -2.52. The Kier molecular flexibility index (Phi) is 4.38. The molecule has 2 atom stereocenters. The Balaban J connectivity index is 2.80. The van der Waals surface area contributed by atoms with Gasteiger partial charge in [0.05, 0.1) is 23.2 Å². The molecular formula is C13H23F3O2. The molecule has 1 aliphatic carbocycles. The number of halogens is 3. The van der Waals surface area contributed by atoms with E-state index in [2.05, 4.69) is 0 Å². The third kappa shape index (κ3) is 3.60. The molecule has 0 heterocycles. The van der Waals surface area contributed by atoms with Crippen molar-refractivity contribution in [2.45, 2.75) is 76.9 Å². The second kappa shape index (κ2) is 5.00. The molecule has 0 radical (unpaired) electrons. The van der Waals surface area contributed by atoms with Gasteiger partial charge in [-0.25, -0.2) is 0 Å². The molecule has 1 rings (SSSR count). The van der Waals surface area contributed by atoms with E-state index < -0.39 is 29.4 Å². The van der Waals surface area contributed by atoms with E-state index in [9.17, 15) is 18.3 Å². The highest BCUT2D eigenvalue weighted by Gasteiger charge is 2.49. The Bertz CT molecular complexity index is 279. The summed E-state index contributed by atoms with van der Waals surface area (Å²) in [7, 11) is 0. The zero-order chi connectivity index (χ0) is 14.2. The number of rotatable bonds is 3. The van der Waals surface area contributed by atoms with Crippen molar-refractivity contribution in [2.75, 3.05) is 0 Å². The molecule has 2 unspecified atom stereocenters. The Morgan fingerprint density at radius 3 is 1.94 bits per heavy atom. The van der Waals surface area contributed by atoms with Gasteiger partial charge in [-0.1, -0.05) is 12.8 Å². The predicted octanol–water partition coefficient (Wildman–Crippen LogP) is 3.67. The lowest BCUT2D eigenvalue weighted by atomic mass is 9.83. The van der Waals surface area contributed by atoms with Gasteiger partial charge in [0, 0.05) is 0 Å². The first-order valence-electron chi connectivity index (χ1n) is 6.42. The summed E-state index contributed by atoms with van der Waals surface area (Å²) in [6, 6.07) is 0. The van der Waals surface area contributed by atoms with E-state index in [4.69, 9.17) is 4.74 Å². The molecule has 0 amide bonds. The Morgan fingerprint density at radius 1 is 1.00 bits per heavy atom. The normalized spacial score (nSPS) is 27.3. The first-order chi connectivity index (χ1) is 7.95. The average molecular weight is 268 g/mol. The number of ether oxygens (including phenoxy) is 1. The van der Waals surface area contributed by atoms with Crippen LogP contribution in [0.4, 0.5) is 13.2 Å². The molecular weight excluding hydrogens is 245 g/mol. The molecule has 0 aliphatic heterocycles. The standard InChI is InChI=1S/C13H23F3O2/c1-11(2,17)12(3,4)18-10-8-6-5-7-9(10)13(14,15)16/h9-10,17H,5-8H2,1-4H3. The molecule has 0 spiro atoms.